The summed E-state index contributed by atoms with van der Waals surface area (Å²) in [5.74, 6) is -0.558. The monoisotopic (exact) mass is 232 g/mol. The third-order valence-corrected chi connectivity index (χ3v) is 3.41. The number of para-hydroxylation sites is 2. The van der Waals surface area contributed by atoms with E-state index in [0.717, 1.165) is 0 Å². The van der Waals surface area contributed by atoms with Crippen LogP contribution in [0.25, 0.3) is 0 Å². The van der Waals surface area contributed by atoms with Crippen LogP contribution in [0.15, 0.2) is 24.3 Å². The number of nitrogens with two attached hydrogens (primary N) is 1. The number of anilines is 1. The molecular formula is C12H12N2O3. The zero-order valence-corrected chi connectivity index (χ0v) is 9.29. The quantitative estimate of drug-likeness (QED) is 0.736. The predicted octanol–water partition coefficient (Wildman–Crippen LogP) is 0.142. The average Bonchev–Trinajstić information content (AvgIpc) is 2.92. The van der Waals surface area contributed by atoms with E-state index in [-0.39, 0.29) is 29.7 Å². The van der Waals surface area contributed by atoms with E-state index in [1.807, 2.05) is 0 Å². The number of methoxy groups -OCH3 is 1. The van der Waals surface area contributed by atoms with Crippen molar-refractivity contribution in [3.63, 3.8) is 0 Å². The molecule has 1 aromatic rings. The molecule has 3 rings (SSSR count). The van der Waals surface area contributed by atoms with Gasteiger partial charge in [0.05, 0.1) is 24.6 Å². The van der Waals surface area contributed by atoms with E-state index in [1.54, 1.807) is 24.3 Å². The number of amides is 2. The molecule has 2 unspecified atom stereocenters. The molecule has 1 aromatic carbocycles. The molecule has 2 N–H and O–H groups in total. The Morgan fingerprint density at radius 3 is 2.35 bits per heavy atom. The van der Waals surface area contributed by atoms with Crippen LogP contribution in [0.4, 0.5) is 5.69 Å². The minimum Gasteiger partial charge on any atom is -0.495 e. The van der Waals surface area contributed by atoms with E-state index in [1.165, 1.54) is 12.0 Å². The second-order valence-corrected chi connectivity index (χ2v) is 4.31. The number of ether oxygens (including phenoxy) is 1. The minimum absolute atomic E-state index is 0.211. The van der Waals surface area contributed by atoms with Gasteiger partial charge in [0.25, 0.3) is 0 Å². The van der Waals surface area contributed by atoms with E-state index >= 15 is 0 Å². The highest BCUT2D eigenvalue weighted by atomic mass is 16.5. The first-order valence-electron chi connectivity index (χ1n) is 5.43. The summed E-state index contributed by atoms with van der Waals surface area (Å²) in [5.41, 5.74) is 6.17. The van der Waals surface area contributed by atoms with E-state index in [4.69, 9.17) is 10.5 Å². The Morgan fingerprint density at radius 1 is 1.18 bits per heavy atom. The van der Waals surface area contributed by atoms with Gasteiger partial charge in [-0.15, -0.1) is 0 Å². The number of carbonyl (C=O) groups excluding carboxylic acids is 2. The first kappa shape index (κ1) is 10.3. The van der Waals surface area contributed by atoms with Crippen LogP contribution >= 0.6 is 0 Å². The number of nitrogens with zero attached hydrogens (tertiary/aromatic N) is 1. The Morgan fingerprint density at radius 2 is 1.76 bits per heavy atom. The van der Waals surface area contributed by atoms with Crippen molar-refractivity contribution in [1.82, 2.24) is 0 Å². The Kier molecular flexibility index (Phi) is 2.00. The van der Waals surface area contributed by atoms with Gasteiger partial charge in [-0.3, -0.25) is 9.59 Å². The van der Waals surface area contributed by atoms with Crippen molar-refractivity contribution in [1.29, 1.82) is 0 Å². The highest BCUT2D eigenvalue weighted by Crippen LogP contribution is 2.48. The minimum atomic E-state index is -0.326. The van der Waals surface area contributed by atoms with Crippen molar-refractivity contribution in [2.75, 3.05) is 12.0 Å². The summed E-state index contributed by atoms with van der Waals surface area (Å²) in [4.78, 5) is 25.2. The van der Waals surface area contributed by atoms with Gasteiger partial charge in [-0.05, 0) is 12.1 Å². The van der Waals surface area contributed by atoms with Crippen LogP contribution in [0.2, 0.25) is 0 Å². The van der Waals surface area contributed by atoms with Crippen LogP contribution in [0.5, 0.6) is 5.75 Å². The average molecular weight is 232 g/mol. The molecule has 0 bridgehead atoms. The van der Waals surface area contributed by atoms with Crippen LogP contribution < -0.4 is 15.4 Å². The van der Waals surface area contributed by atoms with Gasteiger partial charge in [-0.2, -0.15) is 0 Å². The number of piperidine rings is 1. The number of hydrogen-bond acceptors (Lipinski definition) is 4. The lowest BCUT2D eigenvalue weighted by molar-refractivity contribution is -0.123. The maximum atomic E-state index is 12.0. The van der Waals surface area contributed by atoms with E-state index in [2.05, 4.69) is 0 Å². The lowest BCUT2D eigenvalue weighted by Gasteiger charge is -2.19. The topological polar surface area (TPSA) is 72.6 Å². The Labute approximate surface area is 98.1 Å². The van der Waals surface area contributed by atoms with Crippen LogP contribution in [-0.2, 0) is 9.59 Å². The van der Waals surface area contributed by atoms with Gasteiger partial charge in [0, 0.05) is 6.04 Å². The molecule has 5 heteroatoms. The van der Waals surface area contributed by atoms with Gasteiger partial charge in [-0.1, -0.05) is 12.1 Å². The smallest absolute Gasteiger partial charge is 0.239 e. The lowest BCUT2D eigenvalue weighted by Crippen LogP contribution is -2.37. The van der Waals surface area contributed by atoms with Gasteiger partial charge in [0.1, 0.15) is 5.75 Å². The molecule has 17 heavy (non-hydrogen) atoms. The largest absolute Gasteiger partial charge is 0.495 e. The van der Waals surface area contributed by atoms with E-state index in [0.29, 0.717) is 11.4 Å². The molecule has 1 aliphatic carbocycles. The van der Waals surface area contributed by atoms with Crippen LogP contribution in [-0.4, -0.2) is 25.0 Å². The number of hydrogen-bond donors (Lipinski definition) is 1. The molecule has 88 valence electrons. The maximum Gasteiger partial charge on any atom is 0.239 e. The van der Waals surface area contributed by atoms with Gasteiger partial charge in [0.2, 0.25) is 11.8 Å². The number of benzene rings is 1. The van der Waals surface area contributed by atoms with Crippen molar-refractivity contribution < 1.29 is 14.3 Å². The fraction of sp³-hybridized carbons (Fsp3) is 0.333. The summed E-state index contributed by atoms with van der Waals surface area (Å²) in [6.07, 6.45) is 0. The van der Waals surface area contributed by atoms with E-state index < -0.39 is 0 Å². The summed E-state index contributed by atoms with van der Waals surface area (Å²) in [6.45, 7) is 0. The highest BCUT2D eigenvalue weighted by Gasteiger charge is 2.66. The lowest BCUT2D eigenvalue weighted by atomic mass is 10.2. The molecule has 0 radical (unpaired) electrons. The van der Waals surface area contributed by atoms with Gasteiger partial charge < -0.3 is 10.5 Å². The zero-order chi connectivity index (χ0) is 12.2. The molecule has 1 saturated heterocycles. The summed E-state index contributed by atoms with van der Waals surface area (Å²) in [5, 5.41) is 0. The zero-order valence-electron chi connectivity index (χ0n) is 9.29. The second-order valence-electron chi connectivity index (χ2n) is 4.31. The van der Waals surface area contributed by atoms with Crippen molar-refractivity contribution >= 4 is 17.5 Å². The number of imide groups is 1. The molecular weight excluding hydrogens is 220 g/mol. The van der Waals surface area contributed by atoms with Gasteiger partial charge in [0.15, 0.2) is 0 Å². The standard InChI is InChI=1S/C12H12N2O3/c1-17-7-5-3-2-4-6(7)14-11(15)8-9(10(8)13)12(14)16/h2-5,8-10H,13H2,1H3. The molecule has 2 amide bonds. The Bertz CT molecular complexity index is 492. The maximum absolute atomic E-state index is 12.0. The summed E-state index contributed by atoms with van der Waals surface area (Å²) < 4.78 is 5.15. The SMILES string of the molecule is COc1ccccc1N1C(=O)C2C(N)C2C1=O. The fourth-order valence-corrected chi connectivity index (χ4v) is 2.43. The molecule has 1 saturated carbocycles. The highest BCUT2D eigenvalue weighted by molar-refractivity contribution is 6.26. The van der Waals surface area contributed by atoms with Crippen molar-refractivity contribution in [3.8, 4) is 5.75 Å². The Balaban J connectivity index is 2.01. The van der Waals surface area contributed by atoms with Gasteiger partial charge >= 0.3 is 0 Å². The number of rotatable bonds is 2. The molecule has 2 atom stereocenters. The van der Waals surface area contributed by atoms with Crippen molar-refractivity contribution in [2.45, 2.75) is 6.04 Å². The third-order valence-electron chi connectivity index (χ3n) is 3.41. The fourth-order valence-electron chi connectivity index (χ4n) is 2.43. The number of carbonyl (C=O) groups is 2. The molecule has 1 heterocycles. The molecule has 1 aliphatic heterocycles. The molecule has 2 aliphatic rings. The van der Waals surface area contributed by atoms with Crippen LogP contribution in [0.3, 0.4) is 0 Å². The summed E-state index contributed by atoms with van der Waals surface area (Å²) in [6, 6.07) is 6.69. The van der Waals surface area contributed by atoms with E-state index in [9.17, 15) is 9.59 Å². The molecule has 0 spiro atoms. The first-order valence-corrected chi connectivity index (χ1v) is 5.43. The number of fused-ring (bicyclic) bond motifs is 1. The van der Waals surface area contributed by atoms with Crippen LogP contribution in [0, 0.1) is 11.8 Å². The van der Waals surface area contributed by atoms with Crippen molar-refractivity contribution in [2.24, 2.45) is 17.6 Å². The Hall–Kier alpha value is -1.88. The molecule has 0 aromatic heterocycles. The second kappa shape index (κ2) is 3.30. The normalized spacial score (nSPS) is 30.5. The summed E-state index contributed by atoms with van der Waals surface area (Å²) in [7, 11) is 1.51. The third kappa shape index (κ3) is 1.23. The van der Waals surface area contributed by atoms with Crippen LogP contribution in [0.1, 0.15) is 0 Å². The van der Waals surface area contributed by atoms with Crippen molar-refractivity contribution in [3.05, 3.63) is 24.3 Å². The molecule has 5 nitrogen and oxygen atoms in total. The molecule has 2 fully saturated rings. The summed E-state index contributed by atoms with van der Waals surface area (Å²) >= 11 is 0. The predicted molar refractivity (Wildman–Crippen MR) is 60.4 cm³/mol. The first-order chi connectivity index (χ1) is 8.16. The van der Waals surface area contributed by atoms with Gasteiger partial charge in [-0.25, -0.2) is 4.90 Å².